The van der Waals surface area contributed by atoms with Gasteiger partial charge in [0.15, 0.2) is 17.2 Å². The normalized spacial score (nSPS) is 11.4. The number of carboxylic acids is 1. The zero-order chi connectivity index (χ0) is 17.1. The highest BCUT2D eigenvalue weighted by Gasteiger charge is 2.17. The summed E-state index contributed by atoms with van der Waals surface area (Å²) < 4.78 is 1.53. The summed E-state index contributed by atoms with van der Waals surface area (Å²) in [6.07, 6.45) is 2.17. The highest BCUT2D eigenvalue weighted by atomic mass is 16.4. The number of imidazole rings is 1. The number of aromatic hydroxyl groups is 1. The lowest BCUT2D eigenvalue weighted by atomic mass is 10.1. The van der Waals surface area contributed by atoms with Crippen LogP contribution >= 0.6 is 0 Å². The van der Waals surface area contributed by atoms with Crippen LogP contribution in [0.5, 0.6) is 5.75 Å². The van der Waals surface area contributed by atoms with Gasteiger partial charge in [-0.3, -0.25) is 9.20 Å². The van der Waals surface area contributed by atoms with Crippen molar-refractivity contribution in [3.8, 4) is 5.75 Å². The molecule has 0 amide bonds. The lowest BCUT2D eigenvalue weighted by Gasteiger charge is -2.01. The van der Waals surface area contributed by atoms with E-state index in [1.54, 1.807) is 12.3 Å². The van der Waals surface area contributed by atoms with Crippen LogP contribution < -0.4 is 0 Å². The van der Waals surface area contributed by atoms with E-state index in [1.807, 2.05) is 31.2 Å². The average Bonchev–Trinajstić information content (AvgIpc) is 2.91. The molecule has 0 saturated heterocycles. The van der Waals surface area contributed by atoms with Gasteiger partial charge in [-0.05, 0) is 30.2 Å². The van der Waals surface area contributed by atoms with E-state index in [-0.39, 0.29) is 23.5 Å². The van der Waals surface area contributed by atoms with E-state index < -0.39 is 5.97 Å². The molecule has 0 bridgehead atoms. The first-order valence-electron chi connectivity index (χ1n) is 7.50. The minimum absolute atomic E-state index is 0.0421. The van der Waals surface area contributed by atoms with Crippen LogP contribution in [0.1, 0.15) is 18.2 Å². The third-order valence-corrected chi connectivity index (χ3v) is 3.62. The van der Waals surface area contributed by atoms with E-state index in [0.717, 1.165) is 17.7 Å². The van der Waals surface area contributed by atoms with Crippen LogP contribution in [-0.2, 0) is 17.6 Å². The van der Waals surface area contributed by atoms with Gasteiger partial charge in [-0.25, -0.2) is 4.98 Å². The Bertz CT molecular complexity index is 931. The molecular formula is C17H16N4O3. The van der Waals surface area contributed by atoms with Crippen molar-refractivity contribution in [1.29, 1.82) is 0 Å². The first kappa shape index (κ1) is 15.7. The Morgan fingerprint density at radius 1 is 1.21 bits per heavy atom. The molecule has 0 spiro atoms. The maximum atomic E-state index is 11.1. The van der Waals surface area contributed by atoms with Crippen molar-refractivity contribution in [1.82, 2.24) is 9.38 Å². The van der Waals surface area contributed by atoms with Crippen LogP contribution in [0, 0.1) is 0 Å². The number of fused-ring (bicyclic) bond motifs is 1. The van der Waals surface area contributed by atoms with Crippen LogP contribution in [0.2, 0.25) is 0 Å². The Morgan fingerprint density at radius 2 is 2.00 bits per heavy atom. The summed E-state index contributed by atoms with van der Waals surface area (Å²) in [7, 11) is 0. The topological polar surface area (TPSA) is 99.5 Å². The second kappa shape index (κ2) is 6.49. The number of aryl methyl sites for hydroxylation is 1. The Balaban J connectivity index is 2.12. The van der Waals surface area contributed by atoms with E-state index in [0.29, 0.717) is 5.82 Å². The summed E-state index contributed by atoms with van der Waals surface area (Å²) in [5, 5.41) is 27.5. The standard InChI is InChI=1S/C17H16N4O3/c1-2-11-6-3-4-7-12(11)19-20-16-13(10-15(23)24)18-17-14(22)8-5-9-21(16)17/h3-9,22H,2,10H2,1H3,(H,23,24). The highest BCUT2D eigenvalue weighted by molar-refractivity contribution is 5.73. The van der Waals surface area contributed by atoms with Crippen LogP contribution in [0.4, 0.5) is 11.5 Å². The molecule has 3 rings (SSSR count). The molecular weight excluding hydrogens is 308 g/mol. The molecule has 0 unspecified atom stereocenters. The van der Waals surface area contributed by atoms with Gasteiger partial charge in [0, 0.05) is 6.20 Å². The van der Waals surface area contributed by atoms with E-state index in [1.165, 1.54) is 10.5 Å². The molecule has 2 aromatic heterocycles. The number of azo groups is 1. The summed E-state index contributed by atoms with van der Waals surface area (Å²) in [6.45, 7) is 2.02. The summed E-state index contributed by atoms with van der Waals surface area (Å²) in [5.74, 6) is -0.767. The van der Waals surface area contributed by atoms with Crippen molar-refractivity contribution in [2.24, 2.45) is 10.2 Å². The number of nitrogens with zero attached hydrogens (tertiary/aromatic N) is 4. The summed E-state index contributed by atoms with van der Waals surface area (Å²) in [5.41, 5.74) is 2.27. The maximum Gasteiger partial charge on any atom is 0.309 e. The van der Waals surface area contributed by atoms with E-state index in [4.69, 9.17) is 5.11 Å². The number of hydrogen-bond donors (Lipinski definition) is 2. The summed E-state index contributed by atoms with van der Waals surface area (Å²) in [6, 6.07) is 10.7. The number of hydrogen-bond acceptors (Lipinski definition) is 5. The molecule has 7 nitrogen and oxygen atoms in total. The number of carbonyl (C=O) groups is 1. The molecule has 122 valence electrons. The fourth-order valence-corrected chi connectivity index (χ4v) is 2.46. The molecule has 1 aromatic carbocycles. The molecule has 0 aliphatic carbocycles. The lowest BCUT2D eigenvalue weighted by molar-refractivity contribution is -0.136. The Labute approximate surface area is 137 Å². The van der Waals surface area contributed by atoms with Crippen LogP contribution in [0.15, 0.2) is 52.8 Å². The smallest absolute Gasteiger partial charge is 0.309 e. The molecule has 0 saturated carbocycles. The predicted molar refractivity (Wildman–Crippen MR) is 88.2 cm³/mol. The Kier molecular flexibility index (Phi) is 4.24. The van der Waals surface area contributed by atoms with Crippen molar-refractivity contribution in [2.75, 3.05) is 0 Å². The number of benzene rings is 1. The third-order valence-electron chi connectivity index (χ3n) is 3.62. The quantitative estimate of drug-likeness (QED) is 0.700. The fraction of sp³-hybridized carbons (Fsp3) is 0.176. The molecule has 3 aromatic rings. The van der Waals surface area contributed by atoms with Gasteiger partial charge in [-0.2, -0.15) is 0 Å². The zero-order valence-electron chi connectivity index (χ0n) is 13.0. The molecule has 0 atom stereocenters. The largest absolute Gasteiger partial charge is 0.504 e. The SMILES string of the molecule is CCc1ccccc1N=Nc1c(CC(=O)O)nc2c(O)cccn12. The van der Waals surface area contributed by atoms with E-state index in [9.17, 15) is 9.90 Å². The van der Waals surface area contributed by atoms with Gasteiger partial charge < -0.3 is 10.2 Å². The van der Waals surface area contributed by atoms with Crippen molar-refractivity contribution in [3.05, 3.63) is 53.9 Å². The van der Waals surface area contributed by atoms with E-state index in [2.05, 4.69) is 15.2 Å². The summed E-state index contributed by atoms with van der Waals surface area (Å²) in [4.78, 5) is 15.3. The van der Waals surface area contributed by atoms with Gasteiger partial charge in [-0.1, -0.05) is 25.1 Å². The molecule has 0 radical (unpaired) electrons. The lowest BCUT2D eigenvalue weighted by Crippen LogP contribution is -2.00. The van der Waals surface area contributed by atoms with Crippen molar-refractivity contribution in [2.45, 2.75) is 19.8 Å². The van der Waals surface area contributed by atoms with Crippen LogP contribution in [0.25, 0.3) is 5.65 Å². The van der Waals surface area contributed by atoms with Crippen molar-refractivity contribution >= 4 is 23.1 Å². The van der Waals surface area contributed by atoms with Crippen LogP contribution in [-0.4, -0.2) is 25.6 Å². The van der Waals surface area contributed by atoms with Gasteiger partial charge in [0.05, 0.1) is 17.8 Å². The maximum absolute atomic E-state index is 11.1. The molecule has 7 heteroatoms. The van der Waals surface area contributed by atoms with Gasteiger partial charge in [0.25, 0.3) is 0 Å². The van der Waals surface area contributed by atoms with Crippen molar-refractivity contribution in [3.63, 3.8) is 0 Å². The predicted octanol–water partition coefficient (Wildman–Crippen LogP) is 3.64. The Morgan fingerprint density at radius 3 is 2.75 bits per heavy atom. The minimum Gasteiger partial charge on any atom is -0.504 e. The highest BCUT2D eigenvalue weighted by Crippen LogP contribution is 2.29. The molecule has 2 heterocycles. The molecule has 24 heavy (non-hydrogen) atoms. The number of aliphatic carboxylic acids is 1. The molecule has 0 fully saturated rings. The van der Waals surface area contributed by atoms with Gasteiger partial charge >= 0.3 is 5.97 Å². The van der Waals surface area contributed by atoms with E-state index >= 15 is 0 Å². The van der Waals surface area contributed by atoms with Gasteiger partial charge in [-0.15, -0.1) is 10.2 Å². The zero-order valence-corrected chi connectivity index (χ0v) is 13.0. The monoisotopic (exact) mass is 324 g/mol. The number of pyridine rings is 1. The first-order chi connectivity index (χ1) is 11.6. The average molecular weight is 324 g/mol. The molecule has 0 aliphatic heterocycles. The van der Waals surface area contributed by atoms with Gasteiger partial charge in [0.2, 0.25) is 0 Å². The fourth-order valence-electron chi connectivity index (χ4n) is 2.46. The number of carboxylic acid groups (broad SMARTS) is 1. The first-order valence-corrected chi connectivity index (χ1v) is 7.50. The second-order valence-electron chi connectivity index (χ2n) is 5.22. The minimum atomic E-state index is -1.02. The Hall–Kier alpha value is -3.22. The molecule has 2 N–H and O–H groups in total. The molecule has 0 aliphatic rings. The number of rotatable bonds is 5. The van der Waals surface area contributed by atoms with Gasteiger partial charge in [0.1, 0.15) is 0 Å². The second-order valence-corrected chi connectivity index (χ2v) is 5.22. The van der Waals surface area contributed by atoms with Crippen LogP contribution in [0.3, 0.4) is 0 Å². The summed E-state index contributed by atoms with van der Waals surface area (Å²) >= 11 is 0. The number of aromatic nitrogens is 2. The third kappa shape index (κ3) is 2.96. The van der Waals surface area contributed by atoms with Crippen molar-refractivity contribution < 1.29 is 15.0 Å².